The normalized spacial score (nSPS) is 10.3. The maximum absolute atomic E-state index is 13.6. The fourth-order valence-electron chi connectivity index (χ4n) is 2.13. The lowest BCUT2D eigenvalue weighted by Crippen LogP contribution is -2.24. The lowest BCUT2D eigenvalue weighted by molar-refractivity contribution is 0.0945. The monoisotopic (exact) mass is 340 g/mol. The van der Waals surface area contributed by atoms with E-state index in [2.05, 4.69) is 20.8 Å². The van der Waals surface area contributed by atoms with Gasteiger partial charge in [-0.1, -0.05) is 36.4 Å². The molecule has 0 saturated heterocycles. The van der Waals surface area contributed by atoms with Crippen LogP contribution in [0.4, 0.5) is 20.3 Å². The zero-order valence-corrected chi connectivity index (χ0v) is 13.0. The largest absolute Gasteiger partial charge is 0.347 e. The lowest BCUT2D eigenvalue weighted by atomic mass is 10.2. The van der Waals surface area contributed by atoms with E-state index in [4.69, 9.17) is 0 Å². The van der Waals surface area contributed by atoms with Crippen LogP contribution < -0.4 is 10.6 Å². The number of hydrogen-bond donors (Lipinski definition) is 2. The summed E-state index contributed by atoms with van der Waals surface area (Å²) in [5, 5.41) is 12.8. The number of halogens is 2. The Labute approximate surface area is 142 Å². The van der Waals surface area contributed by atoms with Crippen LogP contribution >= 0.6 is 0 Å². The molecule has 25 heavy (non-hydrogen) atoms. The molecule has 0 radical (unpaired) electrons. The van der Waals surface area contributed by atoms with Crippen molar-refractivity contribution in [2.24, 2.45) is 0 Å². The van der Waals surface area contributed by atoms with Crippen molar-refractivity contribution in [1.82, 2.24) is 15.5 Å². The molecule has 3 rings (SSSR count). The molecule has 1 heterocycles. The molecule has 0 atom stereocenters. The highest BCUT2D eigenvalue weighted by Crippen LogP contribution is 2.21. The molecule has 0 bridgehead atoms. The summed E-state index contributed by atoms with van der Waals surface area (Å²) in [6, 6.07) is 15.8. The quantitative estimate of drug-likeness (QED) is 0.747. The Morgan fingerprint density at radius 3 is 2.24 bits per heavy atom. The average molecular weight is 340 g/mol. The molecular formula is C18H14F2N4O. The highest BCUT2D eigenvalue weighted by Gasteiger charge is 2.11. The van der Waals surface area contributed by atoms with Crippen LogP contribution in [0.1, 0.15) is 16.1 Å². The second-order valence-electron chi connectivity index (χ2n) is 5.19. The molecule has 5 nitrogen and oxygen atoms in total. The van der Waals surface area contributed by atoms with E-state index in [0.29, 0.717) is 6.54 Å². The Bertz CT molecular complexity index is 850. The number of para-hydroxylation sites is 1. The highest BCUT2D eigenvalue weighted by molar-refractivity contribution is 5.92. The summed E-state index contributed by atoms with van der Waals surface area (Å²) in [5.74, 6) is -1.75. The minimum absolute atomic E-state index is 0.107. The summed E-state index contributed by atoms with van der Waals surface area (Å²) in [4.78, 5) is 12.0. The van der Waals surface area contributed by atoms with E-state index in [1.165, 1.54) is 18.2 Å². The number of carbonyl (C=O) groups excluding carboxylic acids is 1. The van der Waals surface area contributed by atoms with Crippen LogP contribution in [0.15, 0.2) is 60.7 Å². The predicted molar refractivity (Wildman–Crippen MR) is 89.3 cm³/mol. The summed E-state index contributed by atoms with van der Waals surface area (Å²) in [6.07, 6.45) is 0. The molecule has 0 saturated carbocycles. The minimum Gasteiger partial charge on any atom is -0.347 e. The number of anilines is 2. The third-order valence-corrected chi connectivity index (χ3v) is 3.41. The molecule has 3 aromatic rings. The van der Waals surface area contributed by atoms with Gasteiger partial charge in [0, 0.05) is 6.54 Å². The van der Waals surface area contributed by atoms with Gasteiger partial charge in [0.15, 0.2) is 11.5 Å². The van der Waals surface area contributed by atoms with Crippen molar-refractivity contribution >= 4 is 17.4 Å². The molecule has 0 aliphatic carbocycles. The first-order valence-corrected chi connectivity index (χ1v) is 7.50. The van der Waals surface area contributed by atoms with Gasteiger partial charge in [0.25, 0.3) is 5.91 Å². The second kappa shape index (κ2) is 7.48. The first-order chi connectivity index (χ1) is 12.1. The third kappa shape index (κ3) is 4.14. The summed E-state index contributed by atoms with van der Waals surface area (Å²) >= 11 is 0. The number of nitrogens with zero attached hydrogens (tertiary/aromatic N) is 2. The van der Waals surface area contributed by atoms with Crippen LogP contribution in [0.5, 0.6) is 0 Å². The Kier molecular flexibility index (Phi) is 4.94. The summed E-state index contributed by atoms with van der Waals surface area (Å²) < 4.78 is 27.2. The Balaban J connectivity index is 1.64. The van der Waals surface area contributed by atoms with Crippen LogP contribution in [0.25, 0.3) is 0 Å². The Morgan fingerprint density at radius 2 is 1.60 bits per heavy atom. The molecule has 0 unspecified atom stereocenters. The molecule has 2 aromatic carbocycles. The fourth-order valence-corrected chi connectivity index (χ4v) is 2.13. The van der Waals surface area contributed by atoms with E-state index < -0.39 is 11.6 Å². The Morgan fingerprint density at radius 1 is 0.880 bits per heavy atom. The topological polar surface area (TPSA) is 66.9 Å². The van der Waals surface area contributed by atoms with E-state index in [1.54, 1.807) is 0 Å². The highest BCUT2D eigenvalue weighted by atomic mass is 19.1. The minimum atomic E-state index is -0.744. The smallest absolute Gasteiger partial charge is 0.272 e. The second-order valence-corrected chi connectivity index (χ2v) is 5.19. The van der Waals surface area contributed by atoms with Gasteiger partial charge < -0.3 is 10.6 Å². The fraction of sp³-hybridized carbons (Fsp3) is 0.0556. The van der Waals surface area contributed by atoms with Crippen molar-refractivity contribution in [2.45, 2.75) is 6.54 Å². The van der Waals surface area contributed by atoms with Gasteiger partial charge in [0.2, 0.25) is 0 Å². The van der Waals surface area contributed by atoms with Crippen molar-refractivity contribution in [2.75, 3.05) is 5.32 Å². The van der Waals surface area contributed by atoms with Gasteiger partial charge in [-0.2, -0.15) is 0 Å². The number of rotatable bonds is 5. The van der Waals surface area contributed by atoms with E-state index in [0.717, 1.165) is 17.7 Å². The van der Waals surface area contributed by atoms with Gasteiger partial charge in [-0.15, -0.1) is 10.2 Å². The number of nitrogens with one attached hydrogen (secondary N) is 2. The van der Waals surface area contributed by atoms with Crippen LogP contribution in [-0.4, -0.2) is 16.1 Å². The van der Waals surface area contributed by atoms with Gasteiger partial charge in [-0.25, -0.2) is 8.78 Å². The molecule has 2 N–H and O–H groups in total. The third-order valence-electron chi connectivity index (χ3n) is 3.41. The van der Waals surface area contributed by atoms with Crippen LogP contribution in [0.2, 0.25) is 0 Å². The van der Waals surface area contributed by atoms with Crippen LogP contribution in [0.3, 0.4) is 0 Å². The number of carbonyl (C=O) groups is 1. The molecule has 0 fully saturated rings. The maximum Gasteiger partial charge on any atom is 0.272 e. The molecule has 1 aromatic heterocycles. The van der Waals surface area contributed by atoms with E-state index in [9.17, 15) is 13.6 Å². The number of benzene rings is 2. The summed E-state index contributed by atoms with van der Waals surface area (Å²) in [7, 11) is 0. The SMILES string of the molecule is O=C(NCc1ccccc1)c1ccc(Nc2c(F)cccc2F)nn1. The summed E-state index contributed by atoms with van der Waals surface area (Å²) in [6.45, 7) is 0.363. The van der Waals surface area contributed by atoms with Gasteiger partial charge in [-0.05, 0) is 29.8 Å². The molecule has 126 valence electrons. The van der Waals surface area contributed by atoms with Gasteiger partial charge in [-0.3, -0.25) is 4.79 Å². The molecule has 1 amide bonds. The average Bonchev–Trinajstić information content (AvgIpc) is 2.64. The van der Waals surface area contributed by atoms with Crippen molar-refractivity contribution in [3.8, 4) is 0 Å². The van der Waals surface area contributed by atoms with Crippen molar-refractivity contribution in [1.29, 1.82) is 0 Å². The molecule has 0 spiro atoms. The Hall–Kier alpha value is -3.35. The van der Waals surface area contributed by atoms with Gasteiger partial charge in [0.05, 0.1) is 0 Å². The van der Waals surface area contributed by atoms with E-state index >= 15 is 0 Å². The van der Waals surface area contributed by atoms with Crippen LogP contribution in [-0.2, 0) is 6.54 Å². The number of hydrogen-bond acceptors (Lipinski definition) is 4. The van der Waals surface area contributed by atoms with Gasteiger partial charge in [0.1, 0.15) is 17.3 Å². The zero-order valence-electron chi connectivity index (χ0n) is 13.0. The van der Waals surface area contributed by atoms with Crippen molar-refractivity contribution in [3.05, 3.63) is 83.6 Å². The molecule has 0 aliphatic heterocycles. The molecular weight excluding hydrogens is 326 g/mol. The number of amides is 1. The van der Waals surface area contributed by atoms with E-state index in [-0.39, 0.29) is 23.1 Å². The predicted octanol–water partition coefficient (Wildman–Crippen LogP) is 3.43. The van der Waals surface area contributed by atoms with Gasteiger partial charge >= 0.3 is 0 Å². The van der Waals surface area contributed by atoms with E-state index in [1.807, 2.05) is 30.3 Å². The van der Waals surface area contributed by atoms with Crippen molar-refractivity contribution < 1.29 is 13.6 Å². The first-order valence-electron chi connectivity index (χ1n) is 7.50. The summed E-state index contributed by atoms with van der Waals surface area (Å²) in [5.41, 5.74) is 0.741. The first kappa shape index (κ1) is 16.5. The molecule has 7 heteroatoms. The maximum atomic E-state index is 13.6. The zero-order chi connectivity index (χ0) is 17.6. The van der Waals surface area contributed by atoms with Crippen LogP contribution in [0, 0.1) is 11.6 Å². The molecule has 0 aliphatic rings. The standard InChI is InChI=1S/C18H14F2N4O/c19-13-7-4-8-14(20)17(13)22-16-10-9-15(23-24-16)18(25)21-11-12-5-2-1-3-6-12/h1-10H,11H2,(H,21,25)(H,22,24). The number of aromatic nitrogens is 2. The van der Waals surface area contributed by atoms with Crippen molar-refractivity contribution in [3.63, 3.8) is 0 Å². The lowest BCUT2D eigenvalue weighted by Gasteiger charge is -2.08.